The molecule has 0 fully saturated rings. The second kappa shape index (κ2) is 7.43. The fourth-order valence-corrected chi connectivity index (χ4v) is 2.42. The fourth-order valence-electron chi connectivity index (χ4n) is 1.88. The number of rotatable bonds is 6. The van der Waals surface area contributed by atoms with Gasteiger partial charge in [0, 0.05) is 11.0 Å². The highest BCUT2D eigenvalue weighted by atomic mass is 79.9. The van der Waals surface area contributed by atoms with Crippen LogP contribution in [-0.4, -0.2) is 7.05 Å². The van der Waals surface area contributed by atoms with E-state index in [0.717, 1.165) is 11.0 Å². The second-order valence-corrected chi connectivity index (χ2v) is 5.29. The van der Waals surface area contributed by atoms with Crippen LogP contribution in [0.2, 0.25) is 0 Å². The minimum atomic E-state index is 0.620. The zero-order valence-electron chi connectivity index (χ0n) is 11.0. The predicted molar refractivity (Wildman–Crippen MR) is 81.8 cm³/mol. The molecule has 3 heteroatoms. The molecule has 0 saturated heterocycles. The zero-order chi connectivity index (χ0) is 13.5. The van der Waals surface area contributed by atoms with E-state index in [1.165, 1.54) is 16.7 Å². The summed E-state index contributed by atoms with van der Waals surface area (Å²) in [5.74, 6) is 0. The van der Waals surface area contributed by atoms with E-state index in [0.29, 0.717) is 13.2 Å². The number of hydrogen-bond acceptors (Lipinski definition) is 2. The van der Waals surface area contributed by atoms with E-state index in [1.54, 1.807) is 0 Å². The molecule has 2 aromatic rings. The van der Waals surface area contributed by atoms with Gasteiger partial charge >= 0.3 is 0 Å². The molecule has 0 aliphatic rings. The van der Waals surface area contributed by atoms with Gasteiger partial charge in [-0.2, -0.15) is 0 Å². The zero-order valence-corrected chi connectivity index (χ0v) is 12.6. The Bertz CT molecular complexity index is 513. The van der Waals surface area contributed by atoms with Crippen LogP contribution in [0.3, 0.4) is 0 Å². The van der Waals surface area contributed by atoms with E-state index in [9.17, 15) is 0 Å². The Hall–Kier alpha value is -1.16. The lowest BCUT2D eigenvalue weighted by molar-refractivity contribution is 0.107. The lowest BCUT2D eigenvalue weighted by Crippen LogP contribution is -2.05. The largest absolute Gasteiger partial charge is 0.372 e. The van der Waals surface area contributed by atoms with E-state index >= 15 is 0 Å². The van der Waals surface area contributed by atoms with Crippen molar-refractivity contribution in [1.29, 1.82) is 0 Å². The van der Waals surface area contributed by atoms with Gasteiger partial charge < -0.3 is 10.1 Å². The predicted octanol–water partition coefficient (Wildman–Crippen LogP) is 3.89. The SMILES string of the molecule is CNCc1ccc(COCc2ccccc2)c(Br)c1. The van der Waals surface area contributed by atoms with Gasteiger partial charge in [-0.05, 0) is 29.8 Å². The van der Waals surface area contributed by atoms with Crippen molar-refractivity contribution in [3.05, 3.63) is 69.7 Å². The Balaban J connectivity index is 1.89. The van der Waals surface area contributed by atoms with Crippen LogP contribution < -0.4 is 5.32 Å². The quantitative estimate of drug-likeness (QED) is 0.872. The molecule has 19 heavy (non-hydrogen) atoms. The van der Waals surface area contributed by atoms with Gasteiger partial charge in [0.15, 0.2) is 0 Å². The molecule has 100 valence electrons. The molecule has 0 heterocycles. The number of nitrogens with one attached hydrogen (secondary N) is 1. The maximum Gasteiger partial charge on any atom is 0.0732 e. The maximum atomic E-state index is 5.74. The number of ether oxygens (including phenoxy) is 1. The third-order valence-corrected chi connectivity index (χ3v) is 3.61. The summed E-state index contributed by atoms with van der Waals surface area (Å²) >= 11 is 3.60. The number of hydrogen-bond donors (Lipinski definition) is 1. The molecule has 2 nitrogen and oxygen atoms in total. The first kappa shape index (κ1) is 14.3. The van der Waals surface area contributed by atoms with Crippen molar-refractivity contribution in [2.75, 3.05) is 7.05 Å². The van der Waals surface area contributed by atoms with Crippen molar-refractivity contribution in [3.8, 4) is 0 Å². The Morgan fingerprint density at radius 1 is 1.00 bits per heavy atom. The van der Waals surface area contributed by atoms with Crippen molar-refractivity contribution in [2.45, 2.75) is 19.8 Å². The highest BCUT2D eigenvalue weighted by Crippen LogP contribution is 2.20. The molecule has 0 saturated carbocycles. The summed E-state index contributed by atoms with van der Waals surface area (Å²) < 4.78 is 6.85. The Labute approximate surface area is 122 Å². The van der Waals surface area contributed by atoms with Gasteiger partial charge in [0.2, 0.25) is 0 Å². The van der Waals surface area contributed by atoms with Crippen molar-refractivity contribution in [1.82, 2.24) is 5.32 Å². The summed E-state index contributed by atoms with van der Waals surface area (Å²) in [5, 5.41) is 3.14. The van der Waals surface area contributed by atoms with Gasteiger partial charge in [-0.1, -0.05) is 58.4 Å². The van der Waals surface area contributed by atoms with Gasteiger partial charge in [-0.15, -0.1) is 0 Å². The van der Waals surface area contributed by atoms with Gasteiger partial charge in [0.1, 0.15) is 0 Å². The van der Waals surface area contributed by atoms with Gasteiger partial charge in [-0.3, -0.25) is 0 Å². The second-order valence-electron chi connectivity index (χ2n) is 4.43. The summed E-state index contributed by atoms with van der Waals surface area (Å²) in [6.07, 6.45) is 0. The van der Waals surface area contributed by atoms with Crippen LogP contribution >= 0.6 is 15.9 Å². The van der Waals surface area contributed by atoms with Gasteiger partial charge in [-0.25, -0.2) is 0 Å². The lowest BCUT2D eigenvalue weighted by atomic mass is 10.1. The lowest BCUT2D eigenvalue weighted by Gasteiger charge is -2.08. The third-order valence-electron chi connectivity index (χ3n) is 2.87. The van der Waals surface area contributed by atoms with Crippen LogP contribution in [0, 0.1) is 0 Å². The molecule has 0 amide bonds. The molecule has 0 atom stereocenters. The molecule has 0 unspecified atom stereocenters. The van der Waals surface area contributed by atoms with Gasteiger partial charge in [0.05, 0.1) is 13.2 Å². The monoisotopic (exact) mass is 319 g/mol. The minimum absolute atomic E-state index is 0.620. The topological polar surface area (TPSA) is 21.3 Å². The van der Waals surface area contributed by atoms with Crippen LogP contribution in [0.4, 0.5) is 0 Å². The Morgan fingerprint density at radius 3 is 2.47 bits per heavy atom. The fraction of sp³-hybridized carbons (Fsp3) is 0.250. The maximum absolute atomic E-state index is 5.74. The molecule has 2 rings (SSSR count). The van der Waals surface area contributed by atoms with E-state index in [-0.39, 0.29) is 0 Å². The molecular weight excluding hydrogens is 302 g/mol. The molecule has 2 aromatic carbocycles. The Kier molecular flexibility index (Phi) is 5.58. The van der Waals surface area contributed by atoms with E-state index < -0.39 is 0 Å². The summed E-state index contributed by atoms with van der Waals surface area (Å²) in [4.78, 5) is 0. The highest BCUT2D eigenvalue weighted by molar-refractivity contribution is 9.10. The normalized spacial score (nSPS) is 10.6. The molecular formula is C16H18BrNO. The number of halogens is 1. The average Bonchev–Trinajstić information content (AvgIpc) is 2.43. The molecule has 1 N–H and O–H groups in total. The minimum Gasteiger partial charge on any atom is -0.372 e. The summed E-state index contributed by atoms with van der Waals surface area (Å²) in [6.45, 7) is 2.14. The summed E-state index contributed by atoms with van der Waals surface area (Å²) in [6, 6.07) is 16.6. The molecule has 0 radical (unpaired) electrons. The van der Waals surface area contributed by atoms with Crippen LogP contribution in [0.1, 0.15) is 16.7 Å². The van der Waals surface area contributed by atoms with E-state index in [1.807, 2.05) is 25.2 Å². The summed E-state index contributed by atoms with van der Waals surface area (Å²) in [5.41, 5.74) is 3.64. The van der Waals surface area contributed by atoms with Gasteiger partial charge in [0.25, 0.3) is 0 Å². The van der Waals surface area contributed by atoms with Crippen LogP contribution in [0.25, 0.3) is 0 Å². The molecule has 0 spiro atoms. The average molecular weight is 320 g/mol. The van der Waals surface area contributed by atoms with Crippen molar-refractivity contribution in [2.24, 2.45) is 0 Å². The Morgan fingerprint density at radius 2 is 1.79 bits per heavy atom. The molecule has 0 aliphatic heterocycles. The van der Waals surface area contributed by atoms with Crippen LogP contribution in [-0.2, 0) is 24.5 Å². The van der Waals surface area contributed by atoms with Crippen LogP contribution in [0.15, 0.2) is 53.0 Å². The van der Waals surface area contributed by atoms with Crippen molar-refractivity contribution >= 4 is 15.9 Å². The smallest absolute Gasteiger partial charge is 0.0732 e. The highest BCUT2D eigenvalue weighted by Gasteiger charge is 2.02. The molecule has 0 bridgehead atoms. The molecule has 0 aromatic heterocycles. The third kappa shape index (κ3) is 4.46. The van der Waals surface area contributed by atoms with Crippen LogP contribution in [0.5, 0.6) is 0 Å². The first-order valence-corrected chi connectivity index (χ1v) is 7.12. The first-order valence-electron chi connectivity index (χ1n) is 6.33. The van der Waals surface area contributed by atoms with E-state index in [2.05, 4.69) is 51.6 Å². The number of benzene rings is 2. The molecule has 0 aliphatic carbocycles. The van der Waals surface area contributed by atoms with Crippen molar-refractivity contribution in [3.63, 3.8) is 0 Å². The summed E-state index contributed by atoms with van der Waals surface area (Å²) in [7, 11) is 1.95. The standard InChI is InChI=1S/C16H18BrNO/c1-18-10-14-7-8-15(16(17)9-14)12-19-11-13-5-3-2-4-6-13/h2-9,18H,10-12H2,1H3. The first-order chi connectivity index (χ1) is 9.29. The van der Waals surface area contributed by atoms with Crippen molar-refractivity contribution < 1.29 is 4.74 Å². The van der Waals surface area contributed by atoms with E-state index in [4.69, 9.17) is 4.74 Å².